The largest absolute Gasteiger partial charge is 0.508 e. The molecule has 134 valence electrons. The minimum absolute atomic E-state index is 0.291. The van der Waals surface area contributed by atoms with Gasteiger partial charge in [-0.2, -0.15) is 5.10 Å². The highest BCUT2D eigenvalue weighted by atomic mass is 35.5. The minimum atomic E-state index is 0.291. The van der Waals surface area contributed by atoms with Crippen molar-refractivity contribution in [3.05, 3.63) is 51.6 Å². The second-order valence-electron chi connectivity index (χ2n) is 5.60. The zero-order valence-electron chi connectivity index (χ0n) is 14.6. The van der Waals surface area contributed by atoms with Gasteiger partial charge in [0, 0.05) is 18.3 Å². The van der Waals surface area contributed by atoms with E-state index in [4.69, 9.17) is 23.2 Å². The van der Waals surface area contributed by atoms with E-state index in [1.165, 1.54) is 6.20 Å². The van der Waals surface area contributed by atoms with Gasteiger partial charge in [0.1, 0.15) is 5.75 Å². The van der Waals surface area contributed by atoms with E-state index in [2.05, 4.69) is 34.3 Å². The standard InChI is InChI=1S/C18H22Cl2N4O/c1-4-24(5-2)11-14-8-13(6-7-17(14)25)12(3)22-23-18-16(20)9-15(19)10-21-18/h6-10,25H,4-5,11H2,1-3H3,(H,21,23)/b22-12+. The number of halogens is 2. The van der Waals surface area contributed by atoms with Crippen LogP contribution in [0.1, 0.15) is 31.9 Å². The van der Waals surface area contributed by atoms with Gasteiger partial charge in [0.25, 0.3) is 0 Å². The molecule has 2 aromatic rings. The molecule has 0 amide bonds. The highest BCUT2D eigenvalue weighted by Crippen LogP contribution is 2.23. The summed E-state index contributed by atoms with van der Waals surface area (Å²) < 4.78 is 0. The molecule has 0 saturated carbocycles. The molecule has 1 heterocycles. The fourth-order valence-corrected chi connectivity index (χ4v) is 2.75. The average Bonchev–Trinajstić information content (AvgIpc) is 2.60. The number of anilines is 1. The number of pyridine rings is 1. The molecule has 0 atom stereocenters. The number of hydrogen-bond donors (Lipinski definition) is 2. The molecule has 2 rings (SSSR count). The summed E-state index contributed by atoms with van der Waals surface area (Å²) in [4.78, 5) is 6.34. The summed E-state index contributed by atoms with van der Waals surface area (Å²) in [7, 11) is 0. The molecule has 0 aliphatic carbocycles. The van der Waals surface area contributed by atoms with Crippen molar-refractivity contribution in [1.82, 2.24) is 9.88 Å². The Kier molecular flexibility index (Phi) is 7.05. The maximum atomic E-state index is 10.1. The van der Waals surface area contributed by atoms with Crippen molar-refractivity contribution in [2.45, 2.75) is 27.3 Å². The molecule has 5 nitrogen and oxygen atoms in total. The van der Waals surface area contributed by atoms with E-state index in [-0.39, 0.29) is 0 Å². The summed E-state index contributed by atoms with van der Waals surface area (Å²) in [5, 5.41) is 15.3. The molecule has 0 radical (unpaired) electrons. The zero-order valence-corrected chi connectivity index (χ0v) is 16.1. The van der Waals surface area contributed by atoms with Crippen LogP contribution in [-0.4, -0.2) is 33.8 Å². The highest BCUT2D eigenvalue weighted by molar-refractivity contribution is 6.35. The minimum Gasteiger partial charge on any atom is -0.508 e. The molecule has 2 N–H and O–H groups in total. The van der Waals surface area contributed by atoms with Crippen molar-refractivity contribution in [2.24, 2.45) is 5.10 Å². The summed E-state index contributed by atoms with van der Waals surface area (Å²) in [6.07, 6.45) is 1.50. The molecule has 25 heavy (non-hydrogen) atoms. The van der Waals surface area contributed by atoms with Gasteiger partial charge in [0.15, 0.2) is 5.82 Å². The molecule has 1 aromatic heterocycles. The number of aromatic nitrogens is 1. The quantitative estimate of drug-likeness (QED) is 0.536. The molecule has 0 aliphatic heterocycles. The third-order valence-electron chi connectivity index (χ3n) is 3.92. The molecular formula is C18H22Cl2N4O. The van der Waals surface area contributed by atoms with Crippen LogP contribution in [-0.2, 0) is 6.54 Å². The van der Waals surface area contributed by atoms with Gasteiger partial charge < -0.3 is 5.11 Å². The maximum absolute atomic E-state index is 10.1. The molecule has 7 heteroatoms. The van der Waals surface area contributed by atoms with Crippen molar-refractivity contribution < 1.29 is 5.11 Å². The predicted molar refractivity (Wildman–Crippen MR) is 105 cm³/mol. The van der Waals surface area contributed by atoms with Crippen LogP contribution in [0.2, 0.25) is 10.0 Å². The Balaban J connectivity index is 2.19. The van der Waals surface area contributed by atoms with Gasteiger partial charge in [-0.25, -0.2) is 4.98 Å². The first-order valence-corrected chi connectivity index (χ1v) is 8.86. The van der Waals surface area contributed by atoms with Crippen molar-refractivity contribution >= 4 is 34.7 Å². The second kappa shape index (κ2) is 9.04. The normalized spacial score (nSPS) is 11.8. The fraction of sp³-hybridized carbons (Fsp3) is 0.333. The predicted octanol–water partition coefficient (Wildman–Crippen LogP) is 4.77. The highest BCUT2D eigenvalue weighted by Gasteiger charge is 2.09. The topological polar surface area (TPSA) is 60.8 Å². The fourth-order valence-electron chi connectivity index (χ4n) is 2.32. The van der Waals surface area contributed by atoms with E-state index >= 15 is 0 Å². The lowest BCUT2D eigenvalue weighted by Gasteiger charge is -2.19. The Morgan fingerprint density at radius 3 is 2.60 bits per heavy atom. The van der Waals surface area contributed by atoms with Gasteiger partial charge in [-0.1, -0.05) is 37.0 Å². The van der Waals surface area contributed by atoms with Crippen LogP contribution in [0, 0.1) is 0 Å². The molecular weight excluding hydrogens is 359 g/mol. The Morgan fingerprint density at radius 2 is 1.96 bits per heavy atom. The first-order valence-electron chi connectivity index (χ1n) is 8.10. The SMILES string of the molecule is CCN(CC)Cc1cc(/C(C)=N/Nc2ncc(Cl)cc2Cl)ccc1O. The number of hydrogen-bond acceptors (Lipinski definition) is 5. The molecule has 0 unspecified atom stereocenters. The Hall–Kier alpha value is -1.82. The van der Waals surface area contributed by atoms with E-state index in [1.54, 1.807) is 12.1 Å². The number of rotatable bonds is 7. The van der Waals surface area contributed by atoms with Crippen molar-refractivity contribution in [1.29, 1.82) is 0 Å². The molecule has 0 aliphatic rings. The van der Waals surface area contributed by atoms with Gasteiger partial charge in [-0.15, -0.1) is 0 Å². The molecule has 0 saturated heterocycles. The van der Waals surface area contributed by atoms with Gasteiger partial charge >= 0.3 is 0 Å². The van der Waals surface area contributed by atoms with Crippen LogP contribution >= 0.6 is 23.2 Å². The van der Waals surface area contributed by atoms with Gasteiger partial charge in [0.2, 0.25) is 0 Å². The monoisotopic (exact) mass is 380 g/mol. The Morgan fingerprint density at radius 1 is 1.24 bits per heavy atom. The van der Waals surface area contributed by atoms with Crippen LogP contribution in [0.15, 0.2) is 35.6 Å². The number of phenols is 1. The summed E-state index contributed by atoms with van der Waals surface area (Å²) in [5.74, 6) is 0.728. The number of aromatic hydroxyl groups is 1. The van der Waals surface area contributed by atoms with Gasteiger partial charge in [0.05, 0.1) is 15.8 Å². The average molecular weight is 381 g/mol. The summed E-state index contributed by atoms with van der Waals surface area (Å²) in [6.45, 7) is 8.63. The van der Waals surface area contributed by atoms with Crippen LogP contribution in [0.5, 0.6) is 5.75 Å². The number of nitrogens with one attached hydrogen (secondary N) is 1. The van der Waals surface area contributed by atoms with Crippen molar-refractivity contribution in [3.63, 3.8) is 0 Å². The third kappa shape index (κ3) is 5.33. The second-order valence-corrected chi connectivity index (χ2v) is 6.44. The van der Waals surface area contributed by atoms with Crippen molar-refractivity contribution in [2.75, 3.05) is 18.5 Å². The van der Waals surface area contributed by atoms with Crippen LogP contribution in [0.4, 0.5) is 5.82 Å². The van der Waals surface area contributed by atoms with E-state index < -0.39 is 0 Å². The lowest BCUT2D eigenvalue weighted by molar-refractivity contribution is 0.291. The lowest BCUT2D eigenvalue weighted by atomic mass is 10.1. The number of benzene rings is 1. The Labute approximate surface area is 158 Å². The smallest absolute Gasteiger partial charge is 0.165 e. The van der Waals surface area contributed by atoms with Gasteiger partial charge in [-0.05, 0) is 49.8 Å². The van der Waals surface area contributed by atoms with Crippen molar-refractivity contribution in [3.8, 4) is 5.75 Å². The van der Waals surface area contributed by atoms with E-state index in [9.17, 15) is 5.11 Å². The molecule has 0 fully saturated rings. The zero-order chi connectivity index (χ0) is 18.4. The lowest BCUT2D eigenvalue weighted by Crippen LogP contribution is -2.22. The van der Waals surface area contributed by atoms with Crippen LogP contribution in [0.25, 0.3) is 0 Å². The molecule has 1 aromatic carbocycles. The number of nitrogens with zero attached hydrogens (tertiary/aromatic N) is 3. The van der Waals surface area contributed by atoms with E-state index in [1.807, 2.05) is 19.1 Å². The van der Waals surface area contributed by atoms with Gasteiger partial charge in [-0.3, -0.25) is 10.3 Å². The first-order chi connectivity index (χ1) is 11.9. The summed E-state index contributed by atoms with van der Waals surface area (Å²) in [6, 6.07) is 7.08. The first kappa shape index (κ1) is 19.5. The number of hydrazone groups is 1. The Bertz CT molecular complexity index is 761. The summed E-state index contributed by atoms with van der Waals surface area (Å²) in [5.41, 5.74) is 5.39. The molecule has 0 bridgehead atoms. The third-order valence-corrected chi connectivity index (χ3v) is 4.42. The molecule has 0 spiro atoms. The van der Waals surface area contributed by atoms with Crippen LogP contribution in [0.3, 0.4) is 0 Å². The maximum Gasteiger partial charge on any atom is 0.165 e. The number of phenolic OH excluding ortho intramolecular Hbond substituents is 1. The van der Waals surface area contributed by atoms with E-state index in [0.29, 0.717) is 28.2 Å². The summed E-state index contributed by atoms with van der Waals surface area (Å²) >= 11 is 11.9. The van der Waals surface area contributed by atoms with Crippen LogP contribution < -0.4 is 5.43 Å². The van der Waals surface area contributed by atoms with E-state index in [0.717, 1.165) is 29.9 Å².